The maximum Gasteiger partial charge on any atom is 0.211 e. The third-order valence-electron chi connectivity index (χ3n) is 2.32. The molecule has 1 heterocycles. The quantitative estimate of drug-likeness (QED) is 0.708. The summed E-state index contributed by atoms with van der Waals surface area (Å²) >= 11 is 0. The van der Waals surface area contributed by atoms with Gasteiger partial charge >= 0.3 is 0 Å². The summed E-state index contributed by atoms with van der Waals surface area (Å²) in [6, 6.07) is 2.71. The molecular weight excluding hydrogens is 178 g/mol. The van der Waals surface area contributed by atoms with E-state index in [1.54, 1.807) is 4.68 Å². The van der Waals surface area contributed by atoms with Crippen LogP contribution < -0.4 is 10.1 Å². The molecule has 2 rings (SSSR count). The molecule has 1 N–H and O–H groups in total. The number of hydrogen-bond donors (Lipinski definition) is 1. The van der Waals surface area contributed by atoms with Gasteiger partial charge in [0.2, 0.25) is 5.88 Å². The number of ether oxygens (including phenoxy) is 1. The van der Waals surface area contributed by atoms with E-state index in [1.165, 1.54) is 12.8 Å². The number of rotatable bonds is 5. The molecule has 14 heavy (non-hydrogen) atoms. The molecule has 1 aliphatic carbocycles. The van der Waals surface area contributed by atoms with Gasteiger partial charge in [-0.2, -0.15) is 5.10 Å². The first-order valence-electron chi connectivity index (χ1n) is 5.12. The third-order valence-corrected chi connectivity index (χ3v) is 2.32. The monoisotopic (exact) mass is 195 g/mol. The number of hydrogen-bond acceptors (Lipinski definition) is 3. The van der Waals surface area contributed by atoms with Crippen molar-refractivity contribution in [2.75, 3.05) is 13.2 Å². The lowest BCUT2D eigenvalue weighted by atomic mass is 10.5. The normalized spacial score (nSPS) is 15.9. The second-order valence-electron chi connectivity index (χ2n) is 3.82. The first-order valence-corrected chi connectivity index (χ1v) is 5.12. The van der Waals surface area contributed by atoms with Crippen molar-refractivity contribution in [2.24, 2.45) is 7.05 Å². The van der Waals surface area contributed by atoms with Crippen LogP contribution in [0.4, 0.5) is 0 Å². The summed E-state index contributed by atoms with van der Waals surface area (Å²) in [5.41, 5.74) is 0.998. The largest absolute Gasteiger partial charge is 0.476 e. The molecule has 4 heteroatoms. The first-order chi connectivity index (χ1) is 6.75. The minimum atomic E-state index is 0.718. The Kier molecular flexibility index (Phi) is 2.72. The van der Waals surface area contributed by atoms with E-state index in [0.29, 0.717) is 0 Å². The highest BCUT2D eigenvalue weighted by molar-refractivity contribution is 5.14. The Bertz CT molecular complexity index is 304. The Morgan fingerprint density at radius 3 is 3.00 bits per heavy atom. The van der Waals surface area contributed by atoms with Crippen LogP contribution in [0.5, 0.6) is 5.88 Å². The van der Waals surface area contributed by atoms with Gasteiger partial charge in [-0.25, -0.2) is 4.68 Å². The minimum Gasteiger partial charge on any atom is -0.476 e. The van der Waals surface area contributed by atoms with Crippen LogP contribution in [0, 0.1) is 6.92 Å². The molecule has 0 atom stereocenters. The van der Waals surface area contributed by atoms with E-state index >= 15 is 0 Å². The molecule has 0 saturated heterocycles. The summed E-state index contributed by atoms with van der Waals surface area (Å²) in [6.07, 6.45) is 2.65. The molecule has 4 nitrogen and oxygen atoms in total. The second-order valence-corrected chi connectivity index (χ2v) is 3.82. The van der Waals surface area contributed by atoms with Crippen LogP contribution in [-0.2, 0) is 7.05 Å². The molecule has 0 aliphatic heterocycles. The summed E-state index contributed by atoms with van der Waals surface area (Å²) in [5.74, 6) is 0.847. The maximum atomic E-state index is 5.57. The fraction of sp³-hybridized carbons (Fsp3) is 0.700. The van der Waals surface area contributed by atoms with Crippen molar-refractivity contribution >= 4 is 0 Å². The van der Waals surface area contributed by atoms with Gasteiger partial charge in [-0.15, -0.1) is 0 Å². The average molecular weight is 195 g/mol. The van der Waals surface area contributed by atoms with Gasteiger partial charge in [0.15, 0.2) is 0 Å². The van der Waals surface area contributed by atoms with Gasteiger partial charge in [0.25, 0.3) is 0 Å². The molecule has 1 aliphatic rings. The van der Waals surface area contributed by atoms with Crippen molar-refractivity contribution in [3.8, 4) is 5.88 Å². The van der Waals surface area contributed by atoms with Gasteiger partial charge in [0, 0.05) is 25.7 Å². The van der Waals surface area contributed by atoms with E-state index < -0.39 is 0 Å². The predicted octanol–water partition coefficient (Wildman–Crippen LogP) is 0.859. The van der Waals surface area contributed by atoms with Crippen LogP contribution in [0.3, 0.4) is 0 Å². The fourth-order valence-corrected chi connectivity index (χ4v) is 1.43. The topological polar surface area (TPSA) is 39.1 Å². The first kappa shape index (κ1) is 9.52. The van der Waals surface area contributed by atoms with E-state index in [-0.39, 0.29) is 0 Å². The number of nitrogens with one attached hydrogen (secondary N) is 1. The molecule has 1 aromatic rings. The van der Waals surface area contributed by atoms with Gasteiger partial charge < -0.3 is 10.1 Å². The van der Waals surface area contributed by atoms with Crippen molar-refractivity contribution in [2.45, 2.75) is 25.8 Å². The lowest BCUT2D eigenvalue weighted by molar-refractivity contribution is 0.287. The van der Waals surface area contributed by atoms with Crippen molar-refractivity contribution < 1.29 is 4.74 Å². The summed E-state index contributed by atoms with van der Waals surface area (Å²) in [4.78, 5) is 0. The van der Waals surface area contributed by atoms with E-state index in [0.717, 1.165) is 30.8 Å². The van der Waals surface area contributed by atoms with Crippen molar-refractivity contribution in [3.63, 3.8) is 0 Å². The number of aryl methyl sites for hydroxylation is 2. The molecule has 1 aromatic heterocycles. The Balaban J connectivity index is 1.70. The van der Waals surface area contributed by atoms with Crippen molar-refractivity contribution in [3.05, 3.63) is 11.8 Å². The molecule has 0 spiro atoms. The van der Waals surface area contributed by atoms with Gasteiger partial charge in [0.1, 0.15) is 6.61 Å². The zero-order chi connectivity index (χ0) is 9.97. The molecule has 78 valence electrons. The summed E-state index contributed by atoms with van der Waals surface area (Å²) in [5, 5.41) is 7.61. The van der Waals surface area contributed by atoms with Crippen LogP contribution in [0.15, 0.2) is 6.07 Å². The highest BCUT2D eigenvalue weighted by atomic mass is 16.5. The van der Waals surface area contributed by atoms with E-state index in [2.05, 4.69) is 10.4 Å². The van der Waals surface area contributed by atoms with Gasteiger partial charge in [0.05, 0.1) is 5.69 Å². The lowest BCUT2D eigenvalue weighted by Gasteiger charge is -2.06. The van der Waals surface area contributed by atoms with E-state index in [1.807, 2.05) is 20.0 Å². The summed E-state index contributed by atoms with van der Waals surface area (Å²) in [7, 11) is 1.90. The maximum absolute atomic E-state index is 5.57. The van der Waals surface area contributed by atoms with Gasteiger partial charge in [-0.1, -0.05) is 0 Å². The number of nitrogens with zero attached hydrogens (tertiary/aromatic N) is 2. The molecule has 0 bridgehead atoms. The Hall–Kier alpha value is -1.03. The van der Waals surface area contributed by atoms with Crippen LogP contribution in [-0.4, -0.2) is 29.0 Å². The third kappa shape index (κ3) is 2.48. The highest BCUT2D eigenvalue weighted by Gasteiger charge is 2.19. The summed E-state index contributed by atoms with van der Waals surface area (Å²) < 4.78 is 7.34. The molecule has 0 aromatic carbocycles. The van der Waals surface area contributed by atoms with Gasteiger partial charge in [-0.3, -0.25) is 0 Å². The standard InChI is InChI=1S/C10H17N3O/c1-8-7-10(13(2)12-8)14-6-5-11-9-3-4-9/h7,9,11H,3-6H2,1-2H3. The van der Waals surface area contributed by atoms with Crippen molar-refractivity contribution in [1.29, 1.82) is 0 Å². The molecule has 0 amide bonds. The zero-order valence-electron chi connectivity index (χ0n) is 8.79. The molecule has 0 unspecified atom stereocenters. The minimum absolute atomic E-state index is 0.718. The lowest BCUT2D eigenvalue weighted by Crippen LogP contribution is -2.23. The zero-order valence-corrected chi connectivity index (χ0v) is 8.79. The Labute approximate surface area is 84.3 Å². The smallest absolute Gasteiger partial charge is 0.211 e. The highest BCUT2D eigenvalue weighted by Crippen LogP contribution is 2.18. The van der Waals surface area contributed by atoms with Gasteiger partial charge in [-0.05, 0) is 19.8 Å². The average Bonchev–Trinajstić information content (AvgIpc) is 2.88. The van der Waals surface area contributed by atoms with E-state index in [4.69, 9.17) is 4.74 Å². The molecule has 0 radical (unpaired) electrons. The SMILES string of the molecule is Cc1cc(OCCNC2CC2)n(C)n1. The van der Waals surface area contributed by atoms with Crippen molar-refractivity contribution in [1.82, 2.24) is 15.1 Å². The summed E-state index contributed by atoms with van der Waals surface area (Å²) in [6.45, 7) is 3.61. The van der Waals surface area contributed by atoms with E-state index in [9.17, 15) is 0 Å². The van der Waals surface area contributed by atoms with Crippen LogP contribution in [0.1, 0.15) is 18.5 Å². The number of aromatic nitrogens is 2. The molecule has 1 saturated carbocycles. The Morgan fingerprint density at radius 2 is 2.43 bits per heavy atom. The molecule has 1 fully saturated rings. The van der Waals surface area contributed by atoms with Crippen LogP contribution in [0.25, 0.3) is 0 Å². The predicted molar refractivity (Wildman–Crippen MR) is 54.5 cm³/mol. The Morgan fingerprint density at radius 1 is 1.64 bits per heavy atom. The fourth-order valence-electron chi connectivity index (χ4n) is 1.43. The second kappa shape index (κ2) is 4.00. The molecular formula is C10H17N3O. The van der Waals surface area contributed by atoms with Crippen LogP contribution in [0.2, 0.25) is 0 Å². The van der Waals surface area contributed by atoms with Crippen LogP contribution >= 0.6 is 0 Å².